The number of aryl methyl sites for hydroxylation is 1. The van der Waals surface area contributed by atoms with Gasteiger partial charge in [0, 0.05) is 11.8 Å². The molecule has 0 saturated heterocycles. The Hall–Kier alpha value is -2.98. The van der Waals surface area contributed by atoms with Crippen molar-refractivity contribution in [3.8, 4) is 24.2 Å². The first-order valence-electron chi connectivity index (χ1n) is 6.36. The van der Waals surface area contributed by atoms with E-state index in [-0.39, 0.29) is 6.61 Å². The number of aliphatic imine (C=N–C) groups is 1. The maximum atomic E-state index is 9.13. The Labute approximate surface area is 123 Å². The predicted molar refractivity (Wildman–Crippen MR) is 80.9 cm³/mol. The molecule has 0 aliphatic heterocycles. The summed E-state index contributed by atoms with van der Waals surface area (Å²) in [4.78, 5) is 4.24. The van der Waals surface area contributed by atoms with E-state index in [1.165, 1.54) is 0 Å². The second kappa shape index (κ2) is 6.45. The topological polar surface area (TPSA) is 58.5 Å². The molecule has 1 heterocycles. The SMILES string of the molecule is C#CCOc1cccc(/C=N/c2oc(C)c(C)c2C#N)c1. The third-order valence-corrected chi connectivity index (χ3v) is 2.99. The molecule has 0 unspecified atom stereocenters. The summed E-state index contributed by atoms with van der Waals surface area (Å²) in [7, 11) is 0. The maximum Gasteiger partial charge on any atom is 0.237 e. The normalized spacial score (nSPS) is 10.3. The molecule has 0 amide bonds. The van der Waals surface area contributed by atoms with Crippen LogP contribution < -0.4 is 4.74 Å². The average Bonchev–Trinajstić information content (AvgIpc) is 2.78. The van der Waals surface area contributed by atoms with Gasteiger partial charge in [0.15, 0.2) is 0 Å². The van der Waals surface area contributed by atoms with Crippen LogP contribution in [0.25, 0.3) is 0 Å². The van der Waals surface area contributed by atoms with E-state index < -0.39 is 0 Å². The van der Waals surface area contributed by atoms with Crippen LogP contribution in [0.15, 0.2) is 33.7 Å². The molecule has 0 aliphatic carbocycles. The minimum Gasteiger partial charge on any atom is -0.481 e. The van der Waals surface area contributed by atoms with E-state index in [9.17, 15) is 0 Å². The highest BCUT2D eigenvalue weighted by Crippen LogP contribution is 2.27. The first kappa shape index (κ1) is 14.4. The first-order chi connectivity index (χ1) is 10.2. The van der Waals surface area contributed by atoms with Crippen molar-refractivity contribution in [3.05, 3.63) is 46.7 Å². The molecule has 1 aromatic heterocycles. The Morgan fingerprint density at radius 1 is 1.43 bits per heavy atom. The van der Waals surface area contributed by atoms with Crippen molar-refractivity contribution in [3.63, 3.8) is 0 Å². The highest BCUT2D eigenvalue weighted by Gasteiger charge is 2.12. The Kier molecular flexibility index (Phi) is 4.43. The highest BCUT2D eigenvalue weighted by molar-refractivity contribution is 5.82. The van der Waals surface area contributed by atoms with Gasteiger partial charge in [0.25, 0.3) is 0 Å². The van der Waals surface area contributed by atoms with Gasteiger partial charge in [-0.3, -0.25) is 0 Å². The summed E-state index contributed by atoms with van der Waals surface area (Å²) in [5.41, 5.74) is 2.11. The zero-order chi connectivity index (χ0) is 15.2. The molecule has 1 aromatic carbocycles. The fraction of sp³-hybridized carbons (Fsp3) is 0.176. The van der Waals surface area contributed by atoms with E-state index in [1.54, 1.807) is 6.21 Å². The number of nitrogens with zero attached hydrogens (tertiary/aromatic N) is 2. The van der Waals surface area contributed by atoms with Gasteiger partial charge in [-0.25, -0.2) is 4.99 Å². The van der Waals surface area contributed by atoms with Gasteiger partial charge in [-0.2, -0.15) is 5.26 Å². The molecular weight excluding hydrogens is 264 g/mol. The van der Waals surface area contributed by atoms with E-state index >= 15 is 0 Å². The summed E-state index contributed by atoms with van der Waals surface area (Å²) < 4.78 is 10.8. The molecule has 0 saturated carbocycles. The van der Waals surface area contributed by atoms with Gasteiger partial charge in [-0.1, -0.05) is 18.1 Å². The van der Waals surface area contributed by atoms with Crippen molar-refractivity contribution in [1.29, 1.82) is 5.26 Å². The lowest BCUT2D eigenvalue weighted by Crippen LogP contribution is -1.93. The number of hydrogen-bond donors (Lipinski definition) is 0. The summed E-state index contributed by atoms with van der Waals surface area (Å²) in [6, 6.07) is 9.46. The molecule has 2 aromatic rings. The second-order valence-electron chi connectivity index (χ2n) is 4.40. The Balaban J connectivity index is 2.24. The minimum atomic E-state index is 0.218. The van der Waals surface area contributed by atoms with Crippen molar-refractivity contribution in [2.24, 2.45) is 4.99 Å². The van der Waals surface area contributed by atoms with E-state index in [0.717, 1.165) is 11.1 Å². The molecule has 0 spiro atoms. The molecule has 0 aliphatic rings. The van der Waals surface area contributed by atoms with Gasteiger partial charge in [-0.15, -0.1) is 6.42 Å². The van der Waals surface area contributed by atoms with E-state index in [4.69, 9.17) is 20.8 Å². The third-order valence-electron chi connectivity index (χ3n) is 2.99. The van der Waals surface area contributed by atoms with Crippen LogP contribution in [0.2, 0.25) is 0 Å². The molecular formula is C17H14N2O2. The third kappa shape index (κ3) is 3.32. The second-order valence-corrected chi connectivity index (χ2v) is 4.40. The van der Waals surface area contributed by atoms with Crippen LogP contribution in [0.3, 0.4) is 0 Å². The highest BCUT2D eigenvalue weighted by atomic mass is 16.5. The number of furan rings is 1. The molecule has 4 nitrogen and oxygen atoms in total. The summed E-state index contributed by atoms with van der Waals surface area (Å²) in [6.45, 7) is 3.86. The molecule has 21 heavy (non-hydrogen) atoms. The first-order valence-corrected chi connectivity index (χ1v) is 6.36. The average molecular weight is 278 g/mol. The quantitative estimate of drug-likeness (QED) is 0.635. The van der Waals surface area contributed by atoms with Crippen molar-refractivity contribution in [1.82, 2.24) is 0 Å². The van der Waals surface area contributed by atoms with Crippen molar-refractivity contribution in [2.75, 3.05) is 6.61 Å². The Morgan fingerprint density at radius 2 is 2.24 bits per heavy atom. The number of hydrogen-bond acceptors (Lipinski definition) is 4. The van der Waals surface area contributed by atoms with Crippen LogP contribution in [-0.2, 0) is 0 Å². The molecule has 104 valence electrons. The Bertz CT molecular complexity index is 758. The van der Waals surface area contributed by atoms with Gasteiger partial charge in [0.1, 0.15) is 29.7 Å². The van der Waals surface area contributed by atoms with Gasteiger partial charge < -0.3 is 9.15 Å². The number of benzene rings is 1. The number of terminal acetylenes is 1. The lowest BCUT2D eigenvalue weighted by Gasteiger charge is -2.02. The van der Waals surface area contributed by atoms with E-state index in [1.807, 2.05) is 38.1 Å². The van der Waals surface area contributed by atoms with Crippen LogP contribution in [0.1, 0.15) is 22.5 Å². The molecule has 4 heteroatoms. The van der Waals surface area contributed by atoms with Crippen molar-refractivity contribution < 1.29 is 9.15 Å². The summed E-state index contributed by atoms with van der Waals surface area (Å²) in [5, 5.41) is 9.13. The molecule has 0 radical (unpaired) electrons. The largest absolute Gasteiger partial charge is 0.481 e. The van der Waals surface area contributed by atoms with Crippen molar-refractivity contribution >= 4 is 12.1 Å². The van der Waals surface area contributed by atoms with E-state index in [0.29, 0.717) is 23.0 Å². The van der Waals surface area contributed by atoms with Gasteiger partial charge >= 0.3 is 0 Å². The van der Waals surface area contributed by atoms with Crippen LogP contribution in [0.5, 0.6) is 5.75 Å². The predicted octanol–water partition coefficient (Wildman–Crippen LogP) is 3.53. The summed E-state index contributed by atoms with van der Waals surface area (Å²) in [5.74, 6) is 4.10. The van der Waals surface area contributed by atoms with Crippen LogP contribution >= 0.6 is 0 Å². The number of rotatable bonds is 4. The fourth-order valence-electron chi connectivity index (χ4n) is 1.77. The zero-order valence-corrected chi connectivity index (χ0v) is 11.9. The van der Waals surface area contributed by atoms with Crippen molar-refractivity contribution in [2.45, 2.75) is 13.8 Å². The molecule has 2 rings (SSSR count). The molecule has 0 bridgehead atoms. The lowest BCUT2D eigenvalue weighted by atomic mass is 10.2. The fourth-order valence-corrected chi connectivity index (χ4v) is 1.77. The Morgan fingerprint density at radius 3 is 2.95 bits per heavy atom. The summed E-state index contributed by atoms with van der Waals surface area (Å²) in [6.07, 6.45) is 6.78. The maximum absolute atomic E-state index is 9.13. The van der Waals surface area contributed by atoms with Gasteiger partial charge in [0.05, 0.1) is 0 Å². The molecule has 0 N–H and O–H groups in total. The molecule has 0 atom stereocenters. The minimum absolute atomic E-state index is 0.218. The van der Waals surface area contributed by atoms with Gasteiger partial charge in [-0.05, 0) is 31.5 Å². The van der Waals surface area contributed by atoms with E-state index in [2.05, 4.69) is 17.0 Å². The van der Waals surface area contributed by atoms with Crippen LogP contribution in [-0.4, -0.2) is 12.8 Å². The van der Waals surface area contributed by atoms with Crippen LogP contribution in [0, 0.1) is 37.5 Å². The standard InChI is InChI=1S/C17H14N2O2/c1-4-8-20-15-7-5-6-14(9-15)11-19-17-16(10-18)12(2)13(3)21-17/h1,5-7,9,11H,8H2,2-3H3/b19-11+. The summed E-state index contributed by atoms with van der Waals surface area (Å²) >= 11 is 0. The van der Waals surface area contributed by atoms with Gasteiger partial charge in [0.2, 0.25) is 5.88 Å². The number of ether oxygens (including phenoxy) is 1. The lowest BCUT2D eigenvalue weighted by molar-refractivity contribution is 0.370. The van der Waals surface area contributed by atoms with Crippen LogP contribution in [0.4, 0.5) is 5.88 Å². The molecule has 0 fully saturated rings. The zero-order valence-electron chi connectivity index (χ0n) is 11.9. The smallest absolute Gasteiger partial charge is 0.237 e. The number of nitriles is 1. The monoisotopic (exact) mass is 278 g/mol.